The Hall–Kier alpha value is -3.10. The summed E-state index contributed by atoms with van der Waals surface area (Å²) in [5, 5.41) is 25.5. The number of rotatable bonds is 8. The molecule has 2 aromatic rings. The Morgan fingerprint density at radius 1 is 1.19 bits per heavy atom. The number of nitrogens with one attached hydrogen (secondary N) is 2. The molecule has 0 fully saturated rings. The molecule has 8 heteroatoms. The van der Waals surface area contributed by atoms with Crippen molar-refractivity contribution in [2.24, 2.45) is 0 Å². The van der Waals surface area contributed by atoms with E-state index in [4.69, 9.17) is 0 Å². The van der Waals surface area contributed by atoms with E-state index in [1.54, 1.807) is 37.3 Å². The Bertz CT molecular complexity index is 806. The van der Waals surface area contributed by atoms with Crippen molar-refractivity contribution in [3.63, 3.8) is 0 Å². The van der Waals surface area contributed by atoms with Crippen molar-refractivity contribution in [3.05, 3.63) is 69.8 Å². The first-order valence-corrected chi connectivity index (χ1v) is 7.95. The second-order valence-corrected chi connectivity index (χ2v) is 5.71. The fourth-order valence-electron chi connectivity index (χ4n) is 2.28. The largest absolute Gasteiger partial charge is 0.392 e. The summed E-state index contributed by atoms with van der Waals surface area (Å²) in [7, 11) is 0. The third kappa shape index (κ3) is 5.20. The standard InChI is InChI=1S/C18H19N3O5/c1-12(22)10-19-11-17(23)20-16-8-7-14(21(25)26)9-15(16)18(24)13-5-3-2-4-6-13/h2-9,12,19,22H,10-11H2,1H3,(H,20,23). The SMILES string of the molecule is CC(O)CNCC(=O)Nc1ccc([N+](=O)[O-])cc1C(=O)c1ccccc1. The number of carbonyl (C=O) groups is 2. The zero-order chi connectivity index (χ0) is 19.1. The molecule has 0 aromatic heterocycles. The summed E-state index contributed by atoms with van der Waals surface area (Å²) in [6.45, 7) is 1.75. The van der Waals surface area contributed by atoms with Gasteiger partial charge in [0.05, 0.1) is 28.8 Å². The molecule has 0 bridgehead atoms. The normalized spacial score (nSPS) is 11.6. The minimum atomic E-state index is -0.600. The summed E-state index contributed by atoms with van der Waals surface area (Å²) in [6.07, 6.45) is -0.600. The van der Waals surface area contributed by atoms with Crippen LogP contribution in [-0.4, -0.2) is 40.9 Å². The molecule has 8 nitrogen and oxygen atoms in total. The summed E-state index contributed by atoms with van der Waals surface area (Å²) < 4.78 is 0. The molecule has 1 atom stereocenters. The smallest absolute Gasteiger partial charge is 0.270 e. The molecule has 0 spiro atoms. The number of amides is 1. The Labute approximate surface area is 150 Å². The van der Waals surface area contributed by atoms with Gasteiger partial charge in [0.1, 0.15) is 0 Å². The molecule has 0 aliphatic rings. The molecule has 0 saturated carbocycles. The van der Waals surface area contributed by atoms with Crippen LogP contribution in [0.2, 0.25) is 0 Å². The van der Waals surface area contributed by atoms with Crippen molar-refractivity contribution in [1.29, 1.82) is 0 Å². The Morgan fingerprint density at radius 2 is 1.88 bits per heavy atom. The van der Waals surface area contributed by atoms with E-state index in [1.807, 2.05) is 0 Å². The van der Waals surface area contributed by atoms with Gasteiger partial charge in [-0.25, -0.2) is 0 Å². The minimum Gasteiger partial charge on any atom is -0.392 e. The van der Waals surface area contributed by atoms with E-state index in [0.717, 1.165) is 6.07 Å². The molecule has 1 amide bonds. The highest BCUT2D eigenvalue weighted by Gasteiger charge is 2.19. The van der Waals surface area contributed by atoms with E-state index >= 15 is 0 Å². The summed E-state index contributed by atoms with van der Waals surface area (Å²) in [5.74, 6) is -0.858. The average Bonchev–Trinajstić information content (AvgIpc) is 2.61. The molecule has 0 heterocycles. The third-order valence-corrected chi connectivity index (χ3v) is 3.49. The molecule has 1 unspecified atom stereocenters. The number of nitro groups is 1. The number of aliphatic hydroxyl groups is 1. The number of hydrogen-bond acceptors (Lipinski definition) is 6. The van der Waals surface area contributed by atoms with Crippen molar-refractivity contribution >= 4 is 23.1 Å². The summed E-state index contributed by atoms with van der Waals surface area (Å²) in [5.41, 5.74) is 0.341. The van der Waals surface area contributed by atoms with E-state index in [2.05, 4.69) is 10.6 Å². The predicted octanol–water partition coefficient (Wildman–Crippen LogP) is 1.73. The highest BCUT2D eigenvalue weighted by molar-refractivity contribution is 6.14. The molecule has 2 rings (SSSR count). The summed E-state index contributed by atoms with van der Waals surface area (Å²) in [6, 6.07) is 12.0. The fraction of sp³-hybridized carbons (Fsp3) is 0.222. The number of nitro benzene ring substituents is 1. The molecular formula is C18H19N3O5. The monoisotopic (exact) mass is 357 g/mol. The van der Waals surface area contributed by atoms with Crippen LogP contribution in [0.15, 0.2) is 48.5 Å². The highest BCUT2D eigenvalue weighted by Crippen LogP contribution is 2.25. The van der Waals surface area contributed by atoms with Crippen molar-refractivity contribution in [3.8, 4) is 0 Å². The molecule has 0 saturated heterocycles. The van der Waals surface area contributed by atoms with Crippen LogP contribution in [0, 0.1) is 10.1 Å². The van der Waals surface area contributed by atoms with Crippen molar-refractivity contribution in [2.75, 3.05) is 18.4 Å². The average molecular weight is 357 g/mol. The van der Waals surface area contributed by atoms with Crippen molar-refractivity contribution in [2.45, 2.75) is 13.0 Å². The lowest BCUT2D eigenvalue weighted by Crippen LogP contribution is -2.33. The van der Waals surface area contributed by atoms with Crippen LogP contribution in [0.5, 0.6) is 0 Å². The lowest BCUT2D eigenvalue weighted by atomic mass is 10.0. The van der Waals surface area contributed by atoms with Crippen molar-refractivity contribution < 1.29 is 19.6 Å². The Balaban J connectivity index is 2.26. The number of anilines is 1. The van der Waals surface area contributed by atoms with Crippen LogP contribution in [0.3, 0.4) is 0 Å². The number of hydrogen-bond donors (Lipinski definition) is 3. The second kappa shape index (κ2) is 8.84. The van der Waals surface area contributed by atoms with E-state index < -0.39 is 22.7 Å². The van der Waals surface area contributed by atoms with Crippen molar-refractivity contribution in [1.82, 2.24) is 5.32 Å². The van der Waals surface area contributed by atoms with Crippen LogP contribution in [0.4, 0.5) is 11.4 Å². The number of carbonyl (C=O) groups excluding carboxylic acids is 2. The van der Waals surface area contributed by atoms with Crippen LogP contribution < -0.4 is 10.6 Å². The maximum Gasteiger partial charge on any atom is 0.270 e. The number of benzene rings is 2. The topological polar surface area (TPSA) is 122 Å². The van der Waals surface area contributed by atoms with Gasteiger partial charge in [0.15, 0.2) is 5.78 Å². The van der Waals surface area contributed by atoms with Gasteiger partial charge in [-0.15, -0.1) is 0 Å². The van der Waals surface area contributed by atoms with Crippen LogP contribution >= 0.6 is 0 Å². The van der Waals surface area contributed by atoms with Gasteiger partial charge in [0.2, 0.25) is 5.91 Å². The zero-order valence-corrected chi connectivity index (χ0v) is 14.1. The number of aliphatic hydroxyl groups excluding tert-OH is 1. The van der Waals surface area contributed by atoms with E-state index in [-0.39, 0.29) is 30.0 Å². The van der Waals surface area contributed by atoms with Gasteiger partial charge in [-0.05, 0) is 13.0 Å². The minimum absolute atomic E-state index is 0.0364. The molecule has 2 aromatic carbocycles. The first kappa shape index (κ1) is 19.2. The van der Waals surface area contributed by atoms with Gasteiger partial charge in [-0.2, -0.15) is 0 Å². The van der Waals surface area contributed by atoms with Gasteiger partial charge in [-0.1, -0.05) is 30.3 Å². The molecule has 136 valence electrons. The molecule has 0 radical (unpaired) electrons. The maximum absolute atomic E-state index is 12.7. The van der Waals surface area contributed by atoms with E-state index in [1.165, 1.54) is 12.1 Å². The van der Waals surface area contributed by atoms with E-state index in [9.17, 15) is 24.8 Å². The van der Waals surface area contributed by atoms with Gasteiger partial charge in [0.25, 0.3) is 5.69 Å². The first-order valence-electron chi connectivity index (χ1n) is 7.95. The predicted molar refractivity (Wildman–Crippen MR) is 96.2 cm³/mol. The summed E-state index contributed by atoms with van der Waals surface area (Å²) in [4.78, 5) is 35.2. The molecular weight excluding hydrogens is 338 g/mol. The molecule has 26 heavy (non-hydrogen) atoms. The Morgan fingerprint density at radius 3 is 2.50 bits per heavy atom. The highest BCUT2D eigenvalue weighted by atomic mass is 16.6. The van der Waals surface area contributed by atoms with E-state index in [0.29, 0.717) is 5.56 Å². The van der Waals surface area contributed by atoms with Gasteiger partial charge in [0, 0.05) is 24.2 Å². The fourth-order valence-corrected chi connectivity index (χ4v) is 2.28. The van der Waals surface area contributed by atoms with Crippen LogP contribution in [0.25, 0.3) is 0 Å². The number of non-ortho nitro benzene ring substituents is 1. The number of ketones is 1. The second-order valence-electron chi connectivity index (χ2n) is 5.71. The first-order chi connectivity index (χ1) is 12.4. The third-order valence-electron chi connectivity index (χ3n) is 3.49. The lowest BCUT2D eigenvalue weighted by molar-refractivity contribution is -0.384. The zero-order valence-electron chi connectivity index (χ0n) is 14.1. The Kier molecular flexibility index (Phi) is 6.54. The quantitative estimate of drug-likeness (QED) is 0.376. The maximum atomic E-state index is 12.7. The summed E-state index contributed by atoms with van der Waals surface area (Å²) >= 11 is 0. The molecule has 3 N–H and O–H groups in total. The molecule has 0 aliphatic heterocycles. The molecule has 0 aliphatic carbocycles. The lowest BCUT2D eigenvalue weighted by Gasteiger charge is -2.12. The van der Waals surface area contributed by atoms with Gasteiger partial charge in [-0.3, -0.25) is 19.7 Å². The van der Waals surface area contributed by atoms with Gasteiger partial charge >= 0.3 is 0 Å². The number of nitrogens with zero attached hydrogens (tertiary/aromatic N) is 1. The van der Waals surface area contributed by atoms with Gasteiger partial charge < -0.3 is 15.7 Å². The van der Waals surface area contributed by atoms with Crippen LogP contribution in [-0.2, 0) is 4.79 Å². The van der Waals surface area contributed by atoms with Crippen LogP contribution in [0.1, 0.15) is 22.8 Å².